The van der Waals surface area contributed by atoms with Gasteiger partial charge < -0.3 is 9.47 Å². The second-order valence-corrected chi connectivity index (χ2v) is 7.59. The fourth-order valence-corrected chi connectivity index (χ4v) is 3.43. The predicted octanol–water partition coefficient (Wildman–Crippen LogP) is 4.28. The zero-order valence-electron chi connectivity index (χ0n) is 18.4. The van der Waals surface area contributed by atoms with Crippen molar-refractivity contribution in [3.8, 4) is 28.4 Å². The van der Waals surface area contributed by atoms with Crippen molar-refractivity contribution >= 4 is 23.4 Å². The lowest BCUT2D eigenvalue weighted by Crippen LogP contribution is -2.41. The van der Waals surface area contributed by atoms with Gasteiger partial charge in [0.2, 0.25) is 0 Å². The van der Waals surface area contributed by atoms with Crippen molar-refractivity contribution in [3.05, 3.63) is 95.1 Å². The van der Waals surface area contributed by atoms with Crippen LogP contribution in [0.25, 0.3) is 16.9 Å². The summed E-state index contributed by atoms with van der Waals surface area (Å²) < 4.78 is 12.4. The first kappa shape index (κ1) is 22.9. The first-order chi connectivity index (χ1) is 16.5. The van der Waals surface area contributed by atoms with E-state index in [1.165, 1.54) is 7.11 Å². The number of ether oxygens (including phenoxy) is 2. The molecule has 34 heavy (non-hydrogen) atoms. The number of aromatic nitrogens is 2. The Bertz CT molecular complexity index is 1320. The zero-order chi connectivity index (χ0) is 24.1. The molecule has 0 fully saturated rings. The number of methoxy groups -OCH3 is 2. The lowest BCUT2D eigenvalue weighted by Gasteiger charge is -2.11. The maximum atomic E-state index is 13.1. The average molecular weight is 477 g/mol. The molecule has 4 aromatic rings. The Balaban J connectivity index is 1.68. The molecule has 0 aliphatic heterocycles. The average Bonchev–Trinajstić information content (AvgIpc) is 3.33. The van der Waals surface area contributed by atoms with Crippen molar-refractivity contribution in [1.82, 2.24) is 20.6 Å². The first-order valence-electron chi connectivity index (χ1n) is 10.2. The number of hydrogen-bond acceptors (Lipinski definition) is 5. The molecule has 0 radical (unpaired) electrons. The Labute approximate surface area is 201 Å². The van der Waals surface area contributed by atoms with E-state index in [-0.39, 0.29) is 5.56 Å². The number of carbonyl (C=O) groups excluding carboxylic acids is 2. The molecule has 9 heteroatoms. The van der Waals surface area contributed by atoms with Crippen molar-refractivity contribution in [2.24, 2.45) is 0 Å². The molecule has 2 N–H and O–H groups in total. The van der Waals surface area contributed by atoms with Crippen molar-refractivity contribution in [1.29, 1.82) is 0 Å². The first-order valence-corrected chi connectivity index (χ1v) is 10.6. The van der Waals surface area contributed by atoms with Gasteiger partial charge >= 0.3 is 0 Å². The van der Waals surface area contributed by atoms with E-state index < -0.39 is 11.8 Å². The standard InChI is InChI=1S/C25H21ClN4O4/c1-33-19-12-13-20(22(14-19)34-2)23-21(15-30(29-23)18-6-4-3-5-7-18)25(32)28-27-24(31)16-8-10-17(26)11-9-16/h3-15H,1-2H3,(H,27,31)(H,28,32). The van der Waals surface area contributed by atoms with E-state index >= 15 is 0 Å². The molecule has 0 atom stereocenters. The number of halogens is 1. The van der Waals surface area contributed by atoms with E-state index in [2.05, 4.69) is 16.0 Å². The summed E-state index contributed by atoms with van der Waals surface area (Å²) in [5, 5.41) is 5.14. The van der Waals surface area contributed by atoms with Crippen molar-refractivity contribution in [2.75, 3.05) is 14.2 Å². The van der Waals surface area contributed by atoms with Crippen LogP contribution < -0.4 is 20.3 Å². The molecule has 0 aliphatic rings. The van der Waals surface area contributed by atoms with Crippen molar-refractivity contribution < 1.29 is 19.1 Å². The lowest BCUT2D eigenvalue weighted by molar-refractivity contribution is 0.0847. The Kier molecular flexibility index (Phi) is 6.79. The summed E-state index contributed by atoms with van der Waals surface area (Å²) >= 11 is 5.87. The van der Waals surface area contributed by atoms with Gasteiger partial charge in [0.1, 0.15) is 17.2 Å². The molecule has 0 saturated heterocycles. The van der Waals surface area contributed by atoms with Crippen LogP contribution in [0.2, 0.25) is 5.02 Å². The van der Waals surface area contributed by atoms with Crippen LogP contribution in [0.1, 0.15) is 20.7 Å². The topological polar surface area (TPSA) is 94.5 Å². The van der Waals surface area contributed by atoms with Crippen LogP contribution >= 0.6 is 11.6 Å². The minimum absolute atomic E-state index is 0.240. The molecule has 8 nitrogen and oxygen atoms in total. The number of carbonyl (C=O) groups is 2. The molecule has 172 valence electrons. The van der Waals surface area contributed by atoms with Crippen LogP contribution in [0.4, 0.5) is 0 Å². The highest BCUT2D eigenvalue weighted by atomic mass is 35.5. The monoisotopic (exact) mass is 476 g/mol. The predicted molar refractivity (Wildman–Crippen MR) is 128 cm³/mol. The van der Waals surface area contributed by atoms with Gasteiger partial charge in [-0.1, -0.05) is 29.8 Å². The SMILES string of the molecule is COc1ccc(-c2nn(-c3ccccc3)cc2C(=O)NNC(=O)c2ccc(Cl)cc2)c(OC)c1. The smallest absolute Gasteiger partial charge is 0.273 e. The number of rotatable bonds is 6. The molecule has 1 aromatic heterocycles. The Hall–Kier alpha value is -4.30. The number of benzene rings is 3. The third-order valence-electron chi connectivity index (χ3n) is 5.04. The minimum atomic E-state index is -0.544. The number of hydrogen-bond donors (Lipinski definition) is 2. The van der Waals surface area contributed by atoms with E-state index in [1.54, 1.807) is 60.5 Å². The van der Waals surface area contributed by atoms with Crippen LogP contribution in [-0.2, 0) is 0 Å². The summed E-state index contributed by atoms with van der Waals surface area (Å²) in [6, 6.07) is 20.9. The summed E-state index contributed by atoms with van der Waals surface area (Å²) in [6.07, 6.45) is 1.60. The fraction of sp³-hybridized carbons (Fsp3) is 0.0800. The van der Waals surface area contributed by atoms with E-state index in [0.29, 0.717) is 33.3 Å². The molecule has 3 aromatic carbocycles. The quantitative estimate of drug-likeness (QED) is 0.405. The van der Waals surface area contributed by atoms with Crippen LogP contribution in [0, 0.1) is 0 Å². The van der Waals surface area contributed by atoms with Crippen LogP contribution in [0.3, 0.4) is 0 Å². The van der Waals surface area contributed by atoms with Gasteiger partial charge in [-0.2, -0.15) is 5.10 Å². The van der Waals surface area contributed by atoms with Gasteiger partial charge in [0.05, 0.1) is 25.5 Å². The number of nitrogens with zero attached hydrogens (tertiary/aromatic N) is 2. The highest BCUT2D eigenvalue weighted by Gasteiger charge is 2.22. The zero-order valence-corrected chi connectivity index (χ0v) is 19.2. The van der Waals surface area contributed by atoms with Crippen LogP contribution in [0.15, 0.2) is 79.0 Å². The molecule has 1 heterocycles. The third-order valence-corrected chi connectivity index (χ3v) is 5.29. The summed E-state index contributed by atoms with van der Waals surface area (Å²) in [7, 11) is 3.08. The summed E-state index contributed by atoms with van der Waals surface area (Å²) in [4.78, 5) is 25.6. The molecule has 0 bridgehead atoms. The van der Waals surface area contributed by atoms with Crippen molar-refractivity contribution in [2.45, 2.75) is 0 Å². The highest BCUT2D eigenvalue weighted by Crippen LogP contribution is 2.34. The second-order valence-electron chi connectivity index (χ2n) is 7.15. The van der Waals surface area contributed by atoms with Gasteiger partial charge in [-0.3, -0.25) is 20.4 Å². The van der Waals surface area contributed by atoms with Gasteiger partial charge in [0.15, 0.2) is 0 Å². The van der Waals surface area contributed by atoms with E-state index in [0.717, 1.165) is 5.69 Å². The number of para-hydroxylation sites is 1. The number of hydrazine groups is 1. The van der Waals surface area contributed by atoms with E-state index in [1.807, 2.05) is 30.3 Å². The summed E-state index contributed by atoms with van der Waals surface area (Å²) in [5.41, 5.74) is 7.20. The van der Waals surface area contributed by atoms with Crippen LogP contribution in [-0.4, -0.2) is 35.8 Å². The number of amides is 2. The molecule has 0 unspecified atom stereocenters. The number of nitrogens with one attached hydrogen (secondary N) is 2. The molecule has 0 aliphatic carbocycles. The highest BCUT2D eigenvalue weighted by molar-refractivity contribution is 6.30. The fourth-order valence-electron chi connectivity index (χ4n) is 3.30. The maximum absolute atomic E-state index is 13.1. The van der Waals surface area contributed by atoms with Gasteiger partial charge in [0.25, 0.3) is 11.8 Å². The maximum Gasteiger partial charge on any atom is 0.273 e. The largest absolute Gasteiger partial charge is 0.497 e. The van der Waals surface area contributed by atoms with Gasteiger partial charge in [-0.05, 0) is 48.5 Å². The molecular weight excluding hydrogens is 456 g/mol. The normalized spacial score (nSPS) is 10.4. The molecule has 0 saturated carbocycles. The Morgan fingerprint density at radius 3 is 2.26 bits per heavy atom. The van der Waals surface area contributed by atoms with Crippen LogP contribution in [0.5, 0.6) is 11.5 Å². The van der Waals surface area contributed by atoms with Gasteiger partial charge in [-0.15, -0.1) is 0 Å². The van der Waals surface area contributed by atoms with Gasteiger partial charge in [0, 0.05) is 28.4 Å². The van der Waals surface area contributed by atoms with E-state index in [9.17, 15) is 9.59 Å². The van der Waals surface area contributed by atoms with Crippen molar-refractivity contribution in [3.63, 3.8) is 0 Å². The summed E-state index contributed by atoms with van der Waals surface area (Å²) in [5.74, 6) is 0.0580. The lowest BCUT2D eigenvalue weighted by atomic mass is 10.1. The molecule has 2 amide bonds. The second kappa shape index (κ2) is 10.1. The molecular formula is C25H21ClN4O4. The minimum Gasteiger partial charge on any atom is -0.497 e. The molecule has 4 rings (SSSR count). The van der Waals surface area contributed by atoms with E-state index in [4.69, 9.17) is 21.1 Å². The third kappa shape index (κ3) is 4.87. The van der Waals surface area contributed by atoms with Gasteiger partial charge in [-0.25, -0.2) is 4.68 Å². The summed E-state index contributed by atoms with van der Waals surface area (Å²) in [6.45, 7) is 0. The Morgan fingerprint density at radius 2 is 1.59 bits per heavy atom. The molecule has 0 spiro atoms. The Morgan fingerprint density at radius 1 is 0.882 bits per heavy atom.